The Morgan fingerprint density at radius 1 is 1.10 bits per heavy atom. The Kier molecular flexibility index (Phi) is 5.07. The standard InChI is InChI=1S/C16H17F2NO/c1-2-19-16(11-20-13-6-4-3-5-7-13)14-9-8-12(17)10-15(14)18/h3-10,16,19H,2,11H2,1H3. The molecule has 0 aliphatic rings. The van der Waals surface area contributed by atoms with E-state index in [4.69, 9.17) is 4.74 Å². The molecule has 2 aromatic rings. The van der Waals surface area contributed by atoms with Gasteiger partial charge in [-0.1, -0.05) is 31.2 Å². The largest absolute Gasteiger partial charge is 0.492 e. The van der Waals surface area contributed by atoms with Gasteiger partial charge in [0.2, 0.25) is 0 Å². The van der Waals surface area contributed by atoms with Crippen LogP contribution in [-0.2, 0) is 0 Å². The highest BCUT2D eigenvalue weighted by molar-refractivity contribution is 5.24. The van der Waals surface area contributed by atoms with E-state index in [-0.39, 0.29) is 12.6 Å². The maximum absolute atomic E-state index is 13.8. The van der Waals surface area contributed by atoms with E-state index in [0.717, 1.165) is 11.8 Å². The van der Waals surface area contributed by atoms with Crippen molar-refractivity contribution < 1.29 is 13.5 Å². The zero-order chi connectivity index (χ0) is 14.4. The molecule has 0 saturated heterocycles. The number of ether oxygens (including phenoxy) is 1. The minimum absolute atomic E-state index is 0.278. The average molecular weight is 277 g/mol. The monoisotopic (exact) mass is 277 g/mol. The van der Waals surface area contributed by atoms with Gasteiger partial charge < -0.3 is 10.1 Å². The van der Waals surface area contributed by atoms with Crippen LogP contribution in [0.3, 0.4) is 0 Å². The molecule has 2 aromatic carbocycles. The molecular weight excluding hydrogens is 260 g/mol. The summed E-state index contributed by atoms with van der Waals surface area (Å²) in [5.74, 6) is -0.420. The van der Waals surface area contributed by atoms with Crippen LogP contribution in [0.5, 0.6) is 5.75 Å². The summed E-state index contributed by atoms with van der Waals surface area (Å²) < 4.78 is 32.4. The Hall–Kier alpha value is -1.94. The van der Waals surface area contributed by atoms with E-state index in [0.29, 0.717) is 12.1 Å². The van der Waals surface area contributed by atoms with E-state index in [2.05, 4.69) is 5.32 Å². The normalized spacial score (nSPS) is 12.2. The second-order valence-electron chi connectivity index (χ2n) is 4.40. The molecule has 0 radical (unpaired) electrons. The van der Waals surface area contributed by atoms with Gasteiger partial charge in [0.05, 0.1) is 6.04 Å². The molecule has 0 amide bonds. The summed E-state index contributed by atoms with van der Waals surface area (Å²) in [6.45, 7) is 2.87. The molecule has 0 bridgehead atoms. The van der Waals surface area contributed by atoms with Gasteiger partial charge in [-0.25, -0.2) is 8.78 Å². The van der Waals surface area contributed by atoms with Crippen LogP contribution in [0.15, 0.2) is 48.5 Å². The SMILES string of the molecule is CCNC(COc1ccccc1)c1ccc(F)cc1F. The summed E-state index contributed by atoms with van der Waals surface area (Å²) in [6, 6.07) is 12.6. The van der Waals surface area contributed by atoms with Crippen molar-refractivity contribution in [2.45, 2.75) is 13.0 Å². The lowest BCUT2D eigenvalue weighted by Gasteiger charge is -2.19. The number of likely N-dealkylation sites (N-methyl/N-ethyl adjacent to an activating group) is 1. The molecule has 2 nitrogen and oxygen atoms in total. The second-order valence-corrected chi connectivity index (χ2v) is 4.40. The molecule has 4 heteroatoms. The quantitative estimate of drug-likeness (QED) is 0.869. The lowest BCUT2D eigenvalue weighted by molar-refractivity contribution is 0.264. The van der Waals surface area contributed by atoms with Crippen LogP contribution in [0, 0.1) is 11.6 Å². The number of benzene rings is 2. The fraction of sp³-hybridized carbons (Fsp3) is 0.250. The highest BCUT2D eigenvalue weighted by Crippen LogP contribution is 2.20. The molecule has 0 saturated carbocycles. The molecule has 0 aliphatic carbocycles. The summed E-state index contributed by atoms with van der Waals surface area (Å²) in [4.78, 5) is 0. The van der Waals surface area contributed by atoms with Crippen LogP contribution in [0.25, 0.3) is 0 Å². The fourth-order valence-corrected chi connectivity index (χ4v) is 1.99. The van der Waals surface area contributed by atoms with Crippen LogP contribution in [-0.4, -0.2) is 13.2 Å². The van der Waals surface area contributed by atoms with Gasteiger partial charge in [0, 0.05) is 11.6 Å². The first kappa shape index (κ1) is 14.5. The van der Waals surface area contributed by atoms with Crippen LogP contribution in [0.2, 0.25) is 0 Å². The van der Waals surface area contributed by atoms with Crippen LogP contribution in [0.4, 0.5) is 8.78 Å². The smallest absolute Gasteiger partial charge is 0.131 e. The van der Waals surface area contributed by atoms with Crippen LogP contribution >= 0.6 is 0 Å². The minimum atomic E-state index is -0.578. The summed E-state index contributed by atoms with van der Waals surface area (Å²) in [6.07, 6.45) is 0. The first-order valence-corrected chi connectivity index (χ1v) is 6.57. The molecule has 0 aromatic heterocycles. The Bertz CT molecular complexity index is 545. The van der Waals surface area contributed by atoms with Crippen molar-refractivity contribution in [3.8, 4) is 5.75 Å². The maximum Gasteiger partial charge on any atom is 0.131 e. The zero-order valence-electron chi connectivity index (χ0n) is 11.3. The first-order chi connectivity index (χ1) is 9.70. The van der Waals surface area contributed by atoms with Crippen molar-refractivity contribution in [2.24, 2.45) is 0 Å². The van der Waals surface area contributed by atoms with Crippen molar-refractivity contribution >= 4 is 0 Å². The zero-order valence-corrected chi connectivity index (χ0v) is 11.3. The van der Waals surface area contributed by atoms with Gasteiger partial charge in [0.15, 0.2) is 0 Å². The third-order valence-corrected chi connectivity index (χ3v) is 2.95. The van der Waals surface area contributed by atoms with Crippen molar-refractivity contribution in [1.82, 2.24) is 5.32 Å². The van der Waals surface area contributed by atoms with Crippen LogP contribution in [0.1, 0.15) is 18.5 Å². The summed E-state index contributed by atoms with van der Waals surface area (Å²) >= 11 is 0. The number of hydrogen-bond acceptors (Lipinski definition) is 2. The Balaban J connectivity index is 2.10. The predicted molar refractivity (Wildman–Crippen MR) is 74.7 cm³/mol. The van der Waals surface area contributed by atoms with E-state index in [1.165, 1.54) is 12.1 Å². The number of hydrogen-bond donors (Lipinski definition) is 1. The Labute approximate surface area is 117 Å². The van der Waals surface area contributed by atoms with Gasteiger partial charge in [-0.2, -0.15) is 0 Å². The van der Waals surface area contributed by atoms with Gasteiger partial charge >= 0.3 is 0 Å². The van der Waals surface area contributed by atoms with Gasteiger partial charge in [0.1, 0.15) is 24.0 Å². The van der Waals surface area contributed by atoms with E-state index in [1.54, 1.807) is 0 Å². The minimum Gasteiger partial charge on any atom is -0.492 e. The van der Waals surface area contributed by atoms with Crippen molar-refractivity contribution in [3.63, 3.8) is 0 Å². The molecule has 1 N–H and O–H groups in total. The summed E-state index contributed by atoms with van der Waals surface area (Å²) in [5.41, 5.74) is 0.407. The topological polar surface area (TPSA) is 21.3 Å². The lowest BCUT2D eigenvalue weighted by atomic mass is 10.1. The van der Waals surface area contributed by atoms with E-state index in [9.17, 15) is 8.78 Å². The molecule has 0 heterocycles. The molecule has 0 fully saturated rings. The molecule has 1 unspecified atom stereocenters. The highest BCUT2D eigenvalue weighted by atomic mass is 19.1. The third kappa shape index (κ3) is 3.78. The summed E-state index contributed by atoms with van der Waals surface area (Å²) in [5, 5.41) is 3.14. The Morgan fingerprint density at radius 2 is 1.85 bits per heavy atom. The van der Waals surface area contributed by atoms with Crippen molar-refractivity contribution in [2.75, 3.05) is 13.2 Å². The number of rotatable bonds is 6. The molecule has 1 atom stereocenters. The Morgan fingerprint density at radius 3 is 2.50 bits per heavy atom. The number of para-hydroxylation sites is 1. The molecular formula is C16H17F2NO. The van der Waals surface area contributed by atoms with Crippen LogP contribution < -0.4 is 10.1 Å². The van der Waals surface area contributed by atoms with Gasteiger partial charge in [-0.05, 0) is 24.7 Å². The summed E-state index contributed by atoms with van der Waals surface area (Å²) in [7, 11) is 0. The van der Waals surface area contributed by atoms with E-state index in [1.807, 2.05) is 37.3 Å². The number of nitrogens with one attached hydrogen (secondary N) is 1. The second kappa shape index (κ2) is 7.01. The lowest BCUT2D eigenvalue weighted by Crippen LogP contribution is -2.27. The molecule has 0 spiro atoms. The maximum atomic E-state index is 13.8. The van der Waals surface area contributed by atoms with Gasteiger partial charge in [0.25, 0.3) is 0 Å². The third-order valence-electron chi connectivity index (χ3n) is 2.95. The number of halogens is 2. The first-order valence-electron chi connectivity index (χ1n) is 6.57. The van der Waals surface area contributed by atoms with Gasteiger partial charge in [-0.3, -0.25) is 0 Å². The average Bonchev–Trinajstić information content (AvgIpc) is 2.45. The van der Waals surface area contributed by atoms with Crippen molar-refractivity contribution in [3.05, 3.63) is 65.7 Å². The molecule has 2 rings (SSSR count). The van der Waals surface area contributed by atoms with E-state index >= 15 is 0 Å². The predicted octanol–water partition coefficient (Wildman–Crippen LogP) is 3.69. The molecule has 106 valence electrons. The molecule has 0 aliphatic heterocycles. The van der Waals surface area contributed by atoms with E-state index < -0.39 is 11.6 Å². The highest BCUT2D eigenvalue weighted by Gasteiger charge is 2.16. The van der Waals surface area contributed by atoms with Crippen molar-refractivity contribution in [1.29, 1.82) is 0 Å². The molecule has 20 heavy (non-hydrogen) atoms. The van der Waals surface area contributed by atoms with Gasteiger partial charge in [-0.15, -0.1) is 0 Å². The fourth-order valence-electron chi connectivity index (χ4n) is 1.99.